The molecule has 0 saturated carbocycles. The van der Waals surface area contributed by atoms with Crippen LogP contribution in [0.2, 0.25) is 0 Å². The molecule has 0 aromatic heterocycles. The first-order valence-electron chi connectivity index (χ1n) is 5.52. The first kappa shape index (κ1) is 14.8. The molecule has 0 fully saturated rings. The lowest BCUT2D eigenvalue weighted by Gasteiger charge is -2.07. The molecule has 1 aromatic rings. The molecule has 0 aliphatic rings. The largest absolute Gasteiger partial charge is 0.494 e. The Hall–Kier alpha value is -1.27. The monoisotopic (exact) mass is 263 g/mol. The second-order valence-electron chi connectivity index (χ2n) is 3.61. The Morgan fingerprint density at radius 3 is 2.72 bits per heavy atom. The number of ether oxygens (including phenoxy) is 2. The van der Waals surface area contributed by atoms with Crippen LogP contribution in [0, 0.1) is 5.82 Å². The van der Waals surface area contributed by atoms with Crippen molar-refractivity contribution in [2.45, 2.75) is 13.0 Å². The van der Waals surface area contributed by atoms with Gasteiger partial charge in [0.25, 0.3) is 6.43 Å². The zero-order valence-electron chi connectivity index (χ0n) is 10.1. The predicted octanol–water partition coefficient (Wildman–Crippen LogP) is 2.21. The molecule has 0 unspecified atom stereocenters. The Kier molecular flexibility index (Phi) is 6.53. The third-order valence-electron chi connectivity index (χ3n) is 2.21. The highest BCUT2D eigenvalue weighted by Crippen LogP contribution is 2.17. The van der Waals surface area contributed by atoms with E-state index in [1.165, 1.54) is 13.2 Å². The molecule has 0 heterocycles. The molecule has 0 amide bonds. The molecule has 0 spiro atoms. The minimum atomic E-state index is -2.44. The van der Waals surface area contributed by atoms with Crippen LogP contribution < -0.4 is 10.1 Å². The van der Waals surface area contributed by atoms with Gasteiger partial charge in [-0.15, -0.1) is 0 Å². The highest BCUT2D eigenvalue weighted by molar-refractivity contribution is 5.29. The summed E-state index contributed by atoms with van der Waals surface area (Å²) >= 11 is 0. The summed E-state index contributed by atoms with van der Waals surface area (Å²) in [6, 6.07) is 4.64. The number of halogens is 3. The molecule has 3 nitrogen and oxygen atoms in total. The molecule has 0 bridgehead atoms. The van der Waals surface area contributed by atoms with Crippen LogP contribution in [0.1, 0.15) is 5.56 Å². The van der Waals surface area contributed by atoms with E-state index in [4.69, 9.17) is 4.74 Å². The molecule has 102 valence electrons. The average Bonchev–Trinajstić information content (AvgIpc) is 2.33. The van der Waals surface area contributed by atoms with Crippen LogP contribution in [0.15, 0.2) is 18.2 Å². The third-order valence-corrected chi connectivity index (χ3v) is 2.21. The number of rotatable bonds is 8. The van der Waals surface area contributed by atoms with E-state index in [0.717, 1.165) is 5.56 Å². The number of hydrogen-bond acceptors (Lipinski definition) is 3. The van der Waals surface area contributed by atoms with Crippen LogP contribution in [0.4, 0.5) is 13.2 Å². The molecular formula is C12H16F3NO2. The summed E-state index contributed by atoms with van der Waals surface area (Å²) in [5.74, 6) is -0.232. The van der Waals surface area contributed by atoms with Crippen LogP contribution in [-0.4, -0.2) is 33.3 Å². The Labute approximate surface area is 104 Å². The molecule has 1 N–H and O–H groups in total. The molecule has 0 atom stereocenters. The fourth-order valence-electron chi connectivity index (χ4n) is 1.37. The number of nitrogens with one attached hydrogen (secondary N) is 1. The van der Waals surface area contributed by atoms with E-state index in [1.54, 1.807) is 12.1 Å². The topological polar surface area (TPSA) is 30.5 Å². The quantitative estimate of drug-likeness (QED) is 0.729. The summed E-state index contributed by atoms with van der Waals surface area (Å²) < 4.78 is 46.2. The summed E-state index contributed by atoms with van der Waals surface area (Å²) in [7, 11) is 1.40. The summed E-state index contributed by atoms with van der Waals surface area (Å²) in [4.78, 5) is 0. The smallest absolute Gasteiger partial charge is 0.261 e. The van der Waals surface area contributed by atoms with Gasteiger partial charge in [-0.05, 0) is 17.7 Å². The van der Waals surface area contributed by atoms with E-state index >= 15 is 0 Å². The van der Waals surface area contributed by atoms with Gasteiger partial charge in [-0.1, -0.05) is 6.07 Å². The molecule has 0 aliphatic heterocycles. The van der Waals surface area contributed by atoms with E-state index in [1.807, 2.05) is 0 Å². The van der Waals surface area contributed by atoms with E-state index in [2.05, 4.69) is 10.1 Å². The van der Waals surface area contributed by atoms with Gasteiger partial charge in [0.1, 0.15) is 6.61 Å². The maximum absolute atomic E-state index is 13.3. The second-order valence-corrected chi connectivity index (χ2v) is 3.61. The highest BCUT2D eigenvalue weighted by atomic mass is 19.3. The molecule has 6 heteroatoms. The molecule has 0 saturated heterocycles. The highest BCUT2D eigenvalue weighted by Gasteiger charge is 2.03. The first-order chi connectivity index (χ1) is 8.63. The molecule has 0 radical (unpaired) electrons. The normalized spacial score (nSPS) is 10.9. The van der Waals surface area contributed by atoms with Gasteiger partial charge in [0, 0.05) is 13.1 Å². The summed E-state index contributed by atoms with van der Waals surface area (Å²) in [6.07, 6.45) is -2.44. The van der Waals surface area contributed by atoms with Crippen LogP contribution in [0.5, 0.6) is 5.75 Å². The fourth-order valence-corrected chi connectivity index (χ4v) is 1.37. The molecule has 1 aromatic carbocycles. The Morgan fingerprint density at radius 2 is 2.11 bits per heavy atom. The summed E-state index contributed by atoms with van der Waals surface area (Å²) in [6.45, 7) is 0.515. The van der Waals surface area contributed by atoms with Crippen molar-refractivity contribution in [3.63, 3.8) is 0 Å². The van der Waals surface area contributed by atoms with Gasteiger partial charge in [0.15, 0.2) is 11.6 Å². The van der Waals surface area contributed by atoms with Crippen molar-refractivity contribution in [2.75, 3.05) is 26.9 Å². The predicted molar refractivity (Wildman–Crippen MR) is 61.5 cm³/mol. The van der Waals surface area contributed by atoms with Crippen molar-refractivity contribution in [1.82, 2.24) is 5.32 Å². The van der Waals surface area contributed by atoms with Crippen LogP contribution in [0.25, 0.3) is 0 Å². The van der Waals surface area contributed by atoms with Crippen molar-refractivity contribution < 1.29 is 22.6 Å². The summed E-state index contributed by atoms with van der Waals surface area (Å²) in [5, 5.41) is 2.96. The molecule has 1 rings (SSSR count). The van der Waals surface area contributed by atoms with Crippen molar-refractivity contribution in [3.05, 3.63) is 29.6 Å². The lowest BCUT2D eigenvalue weighted by molar-refractivity contribution is 0.0187. The van der Waals surface area contributed by atoms with Gasteiger partial charge in [0.2, 0.25) is 0 Å². The third kappa shape index (κ3) is 5.37. The Morgan fingerprint density at radius 1 is 1.33 bits per heavy atom. The lowest BCUT2D eigenvalue weighted by atomic mass is 10.2. The van der Waals surface area contributed by atoms with E-state index in [0.29, 0.717) is 13.1 Å². The zero-order valence-corrected chi connectivity index (χ0v) is 10.1. The minimum Gasteiger partial charge on any atom is -0.494 e. The van der Waals surface area contributed by atoms with Gasteiger partial charge in [0.05, 0.1) is 13.7 Å². The maximum atomic E-state index is 13.3. The number of hydrogen-bond donors (Lipinski definition) is 1. The van der Waals surface area contributed by atoms with Crippen LogP contribution >= 0.6 is 0 Å². The fraction of sp³-hybridized carbons (Fsp3) is 0.500. The molecule has 18 heavy (non-hydrogen) atoms. The Balaban J connectivity index is 2.21. The van der Waals surface area contributed by atoms with Gasteiger partial charge >= 0.3 is 0 Å². The second kappa shape index (κ2) is 7.94. The average molecular weight is 263 g/mol. The summed E-state index contributed by atoms with van der Waals surface area (Å²) in [5.41, 5.74) is 0.752. The number of alkyl halides is 2. The molecular weight excluding hydrogens is 247 g/mol. The standard InChI is InChI=1S/C12H16F3NO2/c1-17-11-3-2-9(6-10(11)13)7-16-4-5-18-8-12(14)15/h2-3,6,12,16H,4-5,7-8H2,1H3. The maximum Gasteiger partial charge on any atom is 0.261 e. The van der Waals surface area contributed by atoms with Gasteiger partial charge in [-0.3, -0.25) is 0 Å². The van der Waals surface area contributed by atoms with E-state index < -0.39 is 18.8 Å². The van der Waals surface area contributed by atoms with Gasteiger partial charge in [-0.2, -0.15) is 0 Å². The zero-order chi connectivity index (χ0) is 13.4. The first-order valence-corrected chi connectivity index (χ1v) is 5.52. The van der Waals surface area contributed by atoms with Crippen molar-refractivity contribution in [3.8, 4) is 5.75 Å². The number of methoxy groups -OCH3 is 1. The van der Waals surface area contributed by atoms with Crippen molar-refractivity contribution in [2.24, 2.45) is 0 Å². The van der Waals surface area contributed by atoms with Gasteiger partial charge < -0.3 is 14.8 Å². The minimum absolute atomic E-state index is 0.194. The van der Waals surface area contributed by atoms with E-state index in [9.17, 15) is 13.2 Å². The Bertz CT molecular complexity index is 361. The van der Waals surface area contributed by atoms with Crippen molar-refractivity contribution in [1.29, 1.82) is 0 Å². The van der Waals surface area contributed by atoms with Crippen molar-refractivity contribution >= 4 is 0 Å². The molecule has 0 aliphatic carbocycles. The SMILES string of the molecule is COc1ccc(CNCCOCC(F)F)cc1F. The van der Waals surface area contributed by atoms with Crippen LogP contribution in [0.3, 0.4) is 0 Å². The van der Waals surface area contributed by atoms with Gasteiger partial charge in [-0.25, -0.2) is 13.2 Å². The van der Waals surface area contributed by atoms with Crippen LogP contribution in [-0.2, 0) is 11.3 Å². The number of benzene rings is 1. The lowest BCUT2D eigenvalue weighted by Crippen LogP contribution is -2.20. The van der Waals surface area contributed by atoms with E-state index in [-0.39, 0.29) is 12.4 Å².